The number of aliphatic hydroxyl groups is 1. The highest BCUT2D eigenvalue weighted by Gasteiger charge is 2.40. The highest BCUT2D eigenvalue weighted by molar-refractivity contribution is 6.02. The zero-order valence-electron chi connectivity index (χ0n) is 16.8. The van der Waals surface area contributed by atoms with Crippen LogP contribution in [0.1, 0.15) is 13.3 Å². The van der Waals surface area contributed by atoms with Crippen molar-refractivity contribution in [1.82, 2.24) is 4.90 Å². The molecule has 0 radical (unpaired) electrons. The predicted octanol–water partition coefficient (Wildman–Crippen LogP) is 3.82. The van der Waals surface area contributed by atoms with Crippen molar-refractivity contribution in [3.63, 3.8) is 0 Å². The first-order chi connectivity index (χ1) is 14.4. The number of anilines is 1. The fourth-order valence-corrected chi connectivity index (χ4v) is 4.00. The molecule has 156 valence electrons. The number of nitrogens with zero attached hydrogens (tertiary/aromatic N) is 1. The summed E-state index contributed by atoms with van der Waals surface area (Å²) in [5.74, 6) is -0.122. The van der Waals surface area contributed by atoms with Gasteiger partial charge in [0.25, 0.3) is 0 Å². The lowest BCUT2D eigenvalue weighted by Gasteiger charge is -2.42. The number of halogens is 1. The Balaban J connectivity index is 1.37. The number of hydrogen-bond donors (Lipinski definition) is 2. The predicted molar refractivity (Wildman–Crippen MR) is 115 cm³/mol. The largest absolute Gasteiger partial charge is 0.487 e. The van der Waals surface area contributed by atoms with Crippen LogP contribution in [0.25, 0.3) is 10.8 Å². The standard InChI is InChI=1S/C24H25FN2O3/c1-24(29)16-27(13-12-22(24)30-19-9-5-8-18(25)14-19)15-23(28)26-21-11-4-7-17-6-2-3-10-20(17)21/h2-11,14,22,29H,12-13,15-16H2,1H3,(H,26,28)/t22-,24-/m0/s1. The molecule has 1 heterocycles. The van der Waals surface area contributed by atoms with Gasteiger partial charge in [-0.3, -0.25) is 9.69 Å². The minimum Gasteiger partial charge on any atom is -0.487 e. The van der Waals surface area contributed by atoms with Crippen LogP contribution in [0.2, 0.25) is 0 Å². The zero-order valence-corrected chi connectivity index (χ0v) is 16.8. The molecule has 1 saturated heterocycles. The number of piperidine rings is 1. The highest BCUT2D eigenvalue weighted by Crippen LogP contribution is 2.27. The van der Waals surface area contributed by atoms with Crippen LogP contribution in [0.3, 0.4) is 0 Å². The fraction of sp³-hybridized carbons (Fsp3) is 0.292. The molecule has 3 aromatic rings. The van der Waals surface area contributed by atoms with E-state index < -0.39 is 11.7 Å². The van der Waals surface area contributed by atoms with Gasteiger partial charge in [0.15, 0.2) is 0 Å². The summed E-state index contributed by atoms with van der Waals surface area (Å²) in [5, 5.41) is 15.9. The molecule has 0 aliphatic carbocycles. The number of fused-ring (bicyclic) bond motifs is 1. The Labute approximate surface area is 175 Å². The molecule has 0 aromatic heterocycles. The number of benzene rings is 3. The van der Waals surface area contributed by atoms with Gasteiger partial charge in [-0.2, -0.15) is 0 Å². The van der Waals surface area contributed by atoms with Crippen LogP contribution in [-0.4, -0.2) is 47.3 Å². The van der Waals surface area contributed by atoms with Crippen LogP contribution >= 0.6 is 0 Å². The number of β-amino-alcohol motifs (C(OH)–C–C–N with tert-alkyl or cyclic N) is 1. The number of carbonyl (C=O) groups excluding carboxylic acids is 1. The van der Waals surface area contributed by atoms with Gasteiger partial charge in [-0.1, -0.05) is 42.5 Å². The van der Waals surface area contributed by atoms with Crippen LogP contribution in [-0.2, 0) is 4.79 Å². The molecule has 3 aromatic carbocycles. The molecule has 0 unspecified atom stereocenters. The van der Waals surface area contributed by atoms with E-state index in [1.807, 2.05) is 47.4 Å². The number of rotatable bonds is 5. The van der Waals surface area contributed by atoms with E-state index >= 15 is 0 Å². The summed E-state index contributed by atoms with van der Waals surface area (Å²) in [5.41, 5.74) is -0.390. The number of amides is 1. The molecule has 6 heteroatoms. The van der Waals surface area contributed by atoms with Crippen LogP contribution in [0.5, 0.6) is 5.75 Å². The van der Waals surface area contributed by atoms with Gasteiger partial charge < -0.3 is 15.2 Å². The minimum atomic E-state index is -1.16. The van der Waals surface area contributed by atoms with Crippen molar-refractivity contribution in [3.05, 3.63) is 72.5 Å². The molecular weight excluding hydrogens is 383 g/mol. The van der Waals surface area contributed by atoms with E-state index in [4.69, 9.17) is 4.74 Å². The van der Waals surface area contributed by atoms with E-state index in [0.717, 1.165) is 16.5 Å². The van der Waals surface area contributed by atoms with Crippen molar-refractivity contribution in [3.8, 4) is 5.75 Å². The maximum absolute atomic E-state index is 13.4. The number of likely N-dealkylation sites (tertiary alicyclic amines) is 1. The molecule has 0 bridgehead atoms. The number of ether oxygens (including phenoxy) is 1. The van der Waals surface area contributed by atoms with Crippen molar-refractivity contribution in [1.29, 1.82) is 0 Å². The minimum absolute atomic E-state index is 0.133. The van der Waals surface area contributed by atoms with Gasteiger partial charge in [-0.15, -0.1) is 0 Å². The van der Waals surface area contributed by atoms with E-state index in [2.05, 4.69) is 5.32 Å². The van der Waals surface area contributed by atoms with Crippen molar-refractivity contribution >= 4 is 22.4 Å². The lowest BCUT2D eigenvalue weighted by molar-refractivity contribution is -0.123. The lowest BCUT2D eigenvalue weighted by atomic mass is 9.91. The maximum Gasteiger partial charge on any atom is 0.238 e. The van der Waals surface area contributed by atoms with Crippen LogP contribution < -0.4 is 10.1 Å². The van der Waals surface area contributed by atoms with Crippen molar-refractivity contribution in [2.75, 3.05) is 25.0 Å². The SMILES string of the molecule is C[C@]1(O)CN(CC(=O)Nc2cccc3ccccc23)CC[C@@H]1Oc1cccc(F)c1. The molecule has 4 rings (SSSR count). The number of nitrogens with one attached hydrogen (secondary N) is 1. The second-order valence-corrected chi connectivity index (χ2v) is 8.00. The summed E-state index contributed by atoms with van der Waals surface area (Å²) in [4.78, 5) is 14.5. The van der Waals surface area contributed by atoms with Gasteiger partial charge in [0.2, 0.25) is 5.91 Å². The first-order valence-corrected chi connectivity index (χ1v) is 10.1. The third kappa shape index (κ3) is 4.61. The first-order valence-electron chi connectivity index (χ1n) is 10.1. The van der Waals surface area contributed by atoms with Crippen molar-refractivity contribution in [2.24, 2.45) is 0 Å². The number of hydrogen-bond acceptors (Lipinski definition) is 4. The Morgan fingerprint density at radius 3 is 2.77 bits per heavy atom. The van der Waals surface area contributed by atoms with E-state index in [0.29, 0.717) is 18.7 Å². The van der Waals surface area contributed by atoms with Gasteiger partial charge in [0.05, 0.1) is 6.54 Å². The zero-order chi connectivity index (χ0) is 21.1. The third-order valence-electron chi connectivity index (χ3n) is 5.45. The molecule has 1 amide bonds. The van der Waals surface area contributed by atoms with Crippen molar-refractivity contribution < 1.29 is 19.0 Å². The topological polar surface area (TPSA) is 61.8 Å². The average molecular weight is 408 g/mol. The highest BCUT2D eigenvalue weighted by atomic mass is 19.1. The normalized spacial score (nSPS) is 22.0. The first kappa shape index (κ1) is 20.3. The van der Waals surface area contributed by atoms with Gasteiger partial charge in [0.1, 0.15) is 23.3 Å². The summed E-state index contributed by atoms with van der Waals surface area (Å²) >= 11 is 0. The molecular formula is C24H25FN2O3. The monoisotopic (exact) mass is 408 g/mol. The fourth-order valence-electron chi connectivity index (χ4n) is 4.00. The van der Waals surface area contributed by atoms with E-state index in [1.165, 1.54) is 12.1 Å². The van der Waals surface area contributed by atoms with Gasteiger partial charge in [0, 0.05) is 30.2 Å². The lowest BCUT2D eigenvalue weighted by Crippen LogP contribution is -2.58. The Hall–Kier alpha value is -2.96. The maximum atomic E-state index is 13.4. The van der Waals surface area contributed by atoms with Gasteiger partial charge in [-0.25, -0.2) is 4.39 Å². The third-order valence-corrected chi connectivity index (χ3v) is 5.45. The Morgan fingerprint density at radius 2 is 1.97 bits per heavy atom. The van der Waals surface area contributed by atoms with Gasteiger partial charge >= 0.3 is 0 Å². The summed E-state index contributed by atoms with van der Waals surface area (Å²) in [6, 6.07) is 19.6. The van der Waals surface area contributed by atoms with E-state index in [9.17, 15) is 14.3 Å². The van der Waals surface area contributed by atoms with Crippen LogP contribution in [0, 0.1) is 5.82 Å². The molecule has 2 atom stereocenters. The van der Waals surface area contributed by atoms with E-state index in [1.54, 1.807) is 19.1 Å². The Morgan fingerprint density at radius 1 is 1.20 bits per heavy atom. The summed E-state index contributed by atoms with van der Waals surface area (Å²) in [6.07, 6.45) is 0.0575. The second kappa shape index (κ2) is 8.42. The van der Waals surface area contributed by atoms with Crippen LogP contribution in [0.15, 0.2) is 66.7 Å². The second-order valence-electron chi connectivity index (χ2n) is 8.00. The molecule has 1 fully saturated rings. The molecule has 1 aliphatic heterocycles. The quantitative estimate of drug-likeness (QED) is 0.674. The Kier molecular flexibility index (Phi) is 5.70. The molecule has 5 nitrogen and oxygen atoms in total. The summed E-state index contributed by atoms with van der Waals surface area (Å²) in [7, 11) is 0. The average Bonchev–Trinajstić information content (AvgIpc) is 2.70. The van der Waals surface area contributed by atoms with Crippen molar-refractivity contribution in [2.45, 2.75) is 25.0 Å². The number of carbonyl (C=O) groups is 1. The molecule has 2 N–H and O–H groups in total. The summed E-state index contributed by atoms with van der Waals surface area (Å²) < 4.78 is 19.2. The van der Waals surface area contributed by atoms with Gasteiger partial charge in [-0.05, 0) is 36.9 Å². The molecule has 1 aliphatic rings. The van der Waals surface area contributed by atoms with Crippen LogP contribution in [0.4, 0.5) is 10.1 Å². The Bertz CT molecular complexity index is 1050. The van der Waals surface area contributed by atoms with E-state index in [-0.39, 0.29) is 24.8 Å². The molecule has 0 spiro atoms. The summed E-state index contributed by atoms with van der Waals surface area (Å²) in [6.45, 7) is 2.74. The smallest absolute Gasteiger partial charge is 0.238 e. The molecule has 0 saturated carbocycles. The molecule has 30 heavy (non-hydrogen) atoms.